The molecule has 0 aliphatic heterocycles. The summed E-state index contributed by atoms with van der Waals surface area (Å²) in [5.74, 6) is -0.169. The third-order valence-electron chi connectivity index (χ3n) is 1.65. The molecular formula is C8H10F3N3O. The van der Waals surface area contributed by atoms with Gasteiger partial charge >= 0.3 is 6.18 Å². The van der Waals surface area contributed by atoms with E-state index in [0.717, 1.165) is 13.1 Å². The van der Waals surface area contributed by atoms with Crippen molar-refractivity contribution in [2.45, 2.75) is 25.7 Å². The molecule has 15 heavy (non-hydrogen) atoms. The molecule has 1 rings (SSSR count). The number of halogens is 3. The van der Waals surface area contributed by atoms with Gasteiger partial charge in [-0.25, -0.2) is 4.98 Å². The fourth-order valence-corrected chi connectivity index (χ4v) is 0.757. The zero-order valence-electron chi connectivity index (χ0n) is 7.95. The summed E-state index contributed by atoms with van der Waals surface area (Å²) >= 11 is 0. The minimum Gasteiger partial charge on any atom is -0.464 e. The van der Waals surface area contributed by atoms with Crippen LogP contribution in [0.4, 0.5) is 13.2 Å². The van der Waals surface area contributed by atoms with Gasteiger partial charge in [-0.15, -0.1) is 0 Å². The van der Waals surface area contributed by atoms with E-state index in [1.807, 2.05) is 0 Å². The van der Waals surface area contributed by atoms with Crippen molar-refractivity contribution in [2.75, 3.05) is 0 Å². The largest absolute Gasteiger partial charge is 0.464 e. The summed E-state index contributed by atoms with van der Waals surface area (Å²) in [7, 11) is 0. The van der Waals surface area contributed by atoms with Gasteiger partial charge in [0.15, 0.2) is 6.10 Å². The Hall–Kier alpha value is -1.37. The van der Waals surface area contributed by atoms with Crippen LogP contribution in [0.1, 0.15) is 12.6 Å². The quantitative estimate of drug-likeness (QED) is 0.834. The van der Waals surface area contributed by atoms with Crippen molar-refractivity contribution < 1.29 is 17.9 Å². The Labute approximate surface area is 84.3 Å². The number of hydrogen-bond acceptors (Lipinski definition) is 4. The van der Waals surface area contributed by atoms with Crippen molar-refractivity contribution in [3.05, 3.63) is 18.1 Å². The summed E-state index contributed by atoms with van der Waals surface area (Å²) in [5.41, 5.74) is 5.74. The van der Waals surface area contributed by atoms with E-state index in [2.05, 4.69) is 14.7 Å². The Morgan fingerprint density at radius 3 is 2.47 bits per heavy atom. The highest BCUT2D eigenvalue weighted by atomic mass is 19.4. The van der Waals surface area contributed by atoms with Crippen LogP contribution in [-0.4, -0.2) is 22.2 Å². The van der Waals surface area contributed by atoms with Crippen molar-refractivity contribution in [2.24, 2.45) is 5.73 Å². The summed E-state index contributed by atoms with van der Waals surface area (Å²) < 4.78 is 40.8. The molecule has 7 heteroatoms. The first-order valence-corrected chi connectivity index (χ1v) is 4.18. The fraction of sp³-hybridized carbons (Fsp3) is 0.500. The van der Waals surface area contributed by atoms with Crippen molar-refractivity contribution in [3.63, 3.8) is 0 Å². The van der Waals surface area contributed by atoms with Gasteiger partial charge in [-0.05, 0) is 6.92 Å². The maximum absolute atomic E-state index is 12.1. The molecule has 1 atom stereocenters. The Kier molecular flexibility index (Phi) is 3.46. The Bertz CT molecular complexity index is 312. The molecule has 1 heterocycles. The van der Waals surface area contributed by atoms with Crippen LogP contribution in [0.3, 0.4) is 0 Å². The molecule has 1 unspecified atom stereocenters. The van der Waals surface area contributed by atoms with Gasteiger partial charge in [0.2, 0.25) is 5.88 Å². The van der Waals surface area contributed by atoms with E-state index in [4.69, 9.17) is 5.73 Å². The summed E-state index contributed by atoms with van der Waals surface area (Å²) in [6.07, 6.45) is -3.92. The van der Waals surface area contributed by atoms with E-state index in [1.54, 1.807) is 0 Å². The molecule has 0 radical (unpaired) electrons. The Morgan fingerprint density at radius 2 is 2.07 bits per heavy atom. The maximum Gasteiger partial charge on any atom is 0.425 e. The topological polar surface area (TPSA) is 61.0 Å². The minimum absolute atomic E-state index is 0.169. The van der Waals surface area contributed by atoms with Crippen molar-refractivity contribution in [3.8, 4) is 5.88 Å². The average Bonchev–Trinajstić information content (AvgIpc) is 2.17. The van der Waals surface area contributed by atoms with E-state index < -0.39 is 12.3 Å². The van der Waals surface area contributed by atoms with Gasteiger partial charge < -0.3 is 10.5 Å². The lowest BCUT2D eigenvalue weighted by molar-refractivity contribution is -0.190. The van der Waals surface area contributed by atoms with Crippen LogP contribution in [0, 0.1) is 0 Å². The number of nitrogens with two attached hydrogens (primary N) is 1. The maximum atomic E-state index is 12.1. The SMILES string of the molecule is CC(Oc1cnc(CN)cn1)C(F)(F)F. The highest BCUT2D eigenvalue weighted by molar-refractivity contribution is 5.07. The van der Waals surface area contributed by atoms with Gasteiger partial charge in [0, 0.05) is 6.54 Å². The predicted molar refractivity (Wildman–Crippen MR) is 46.1 cm³/mol. The lowest BCUT2D eigenvalue weighted by Gasteiger charge is -2.16. The fourth-order valence-electron chi connectivity index (χ4n) is 0.757. The monoisotopic (exact) mass is 221 g/mol. The summed E-state index contributed by atoms with van der Waals surface area (Å²) in [4.78, 5) is 7.39. The minimum atomic E-state index is -4.41. The van der Waals surface area contributed by atoms with Gasteiger partial charge in [0.25, 0.3) is 0 Å². The van der Waals surface area contributed by atoms with Crippen LogP contribution >= 0.6 is 0 Å². The number of alkyl halides is 3. The molecule has 0 spiro atoms. The van der Waals surface area contributed by atoms with E-state index in [0.29, 0.717) is 5.69 Å². The first kappa shape index (κ1) is 11.7. The third kappa shape index (κ3) is 3.35. The summed E-state index contributed by atoms with van der Waals surface area (Å²) in [5, 5.41) is 0. The van der Waals surface area contributed by atoms with Gasteiger partial charge in [-0.2, -0.15) is 13.2 Å². The van der Waals surface area contributed by atoms with Gasteiger partial charge in [-0.3, -0.25) is 4.98 Å². The predicted octanol–water partition coefficient (Wildman–Crippen LogP) is 1.26. The molecule has 0 bridgehead atoms. The molecular weight excluding hydrogens is 211 g/mol. The first-order valence-electron chi connectivity index (χ1n) is 4.18. The first-order chi connectivity index (χ1) is 6.93. The molecule has 2 N–H and O–H groups in total. The molecule has 0 aliphatic carbocycles. The van der Waals surface area contributed by atoms with Crippen molar-refractivity contribution in [1.29, 1.82) is 0 Å². The molecule has 0 aliphatic rings. The molecule has 0 saturated carbocycles. The van der Waals surface area contributed by atoms with E-state index in [9.17, 15) is 13.2 Å². The molecule has 1 aromatic rings. The third-order valence-corrected chi connectivity index (χ3v) is 1.65. The lowest BCUT2D eigenvalue weighted by Crippen LogP contribution is -2.31. The number of aromatic nitrogens is 2. The highest BCUT2D eigenvalue weighted by Gasteiger charge is 2.38. The van der Waals surface area contributed by atoms with Crippen molar-refractivity contribution >= 4 is 0 Å². The standard InChI is InChI=1S/C8H10F3N3O/c1-5(8(9,10)11)15-7-4-13-6(2-12)3-14-7/h3-5H,2,12H2,1H3. The zero-order chi connectivity index (χ0) is 11.5. The molecule has 0 amide bonds. The second-order valence-corrected chi connectivity index (χ2v) is 2.85. The van der Waals surface area contributed by atoms with E-state index in [1.165, 1.54) is 6.20 Å². The summed E-state index contributed by atoms with van der Waals surface area (Å²) in [6, 6.07) is 0. The second-order valence-electron chi connectivity index (χ2n) is 2.85. The van der Waals surface area contributed by atoms with Gasteiger partial charge in [0.1, 0.15) is 0 Å². The summed E-state index contributed by atoms with van der Waals surface area (Å²) in [6.45, 7) is 1.08. The Morgan fingerprint density at radius 1 is 1.40 bits per heavy atom. The van der Waals surface area contributed by atoms with E-state index in [-0.39, 0.29) is 12.4 Å². The van der Waals surface area contributed by atoms with Crippen LogP contribution in [-0.2, 0) is 6.54 Å². The van der Waals surface area contributed by atoms with Crippen LogP contribution < -0.4 is 10.5 Å². The normalized spacial score (nSPS) is 13.7. The number of nitrogens with zero attached hydrogens (tertiary/aromatic N) is 2. The number of ether oxygens (including phenoxy) is 1. The van der Waals surface area contributed by atoms with Crippen LogP contribution in [0.5, 0.6) is 5.88 Å². The van der Waals surface area contributed by atoms with E-state index >= 15 is 0 Å². The Balaban J connectivity index is 2.65. The molecule has 0 saturated heterocycles. The molecule has 4 nitrogen and oxygen atoms in total. The zero-order valence-corrected chi connectivity index (χ0v) is 7.95. The molecule has 1 aromatic heterocycles. The average molecular weight is 221 g/mol. The van der Waals surface area contributed by atoms with Crippen molar-refractivity contribution in [1.82, 2.24) is 9.97 Å². The molecule has 0 aromatic carbocycles. The second kappa shape index (κ2) is 4.43. The highest BCUT2D eigenvalue weighted by Crippen LogP contribution is 2.23. The van der Waals surface area contributed by atoms with Crippen LogP contribution in [0.15, 0.2) is 12.4 Å². The van der Waals surface area contributed by atoms with Gasteiger partial charge in [-0.1, -0.05) is 0 Å². The smallest absolute Gasteiger partial charge is 0.425 e. The number of rotatable bonds is 3. The van der Waals surface area contributed by atoms with Crippen LogP contribution in [0.2, 0.25) is 0 Å². The lowest BCUT2D eigenvalue weighted by atomic mass is 10.4. The molecule has 0 fully saturated rings. The number of hydrogen-bond donors (Lipinski definition) is 1. The van der Waals surface area contributed by atoms with Gasteiger partial charge in [0.05, 0.1) is 18.1 Å². The van der Waals surface area contributed by atoms with Crippen LogP contribution in [0.25, 0.3) is 0 Å². The molecule has 84 valence electrons.